The highest BCUT2D eigenvalue weighted by molar-refractivity contribution is 7.15. The van der Waals surface area contributed by atoms with Gasteiger partial charge in [0.25, 0.3) is 5.91 Å². The molecule has 4 rings (SSSR count). The van der Waals surface area contributed by atoms with E-state index in [1.807, 2.05) is 0 Å². The number of benzene rings is 1. The lowest BCUT2D eigenvalue weighted by Gasteiger charge is -2.24. The number of aromatic nitrogens is 3. The van der Waals surface area contributed by atoms with Crippen molar-refractivity contribution >= 4 is 51.1 Å². The number of carbonyl (C=O) groups excluding carboxylic acids is 2. The monoisotopic (exact) mass is 446 g/mol. The van der Waals surface area contributed by atoms with Crippen LogP contribution < -0.4 is 4.90 Å². The van der Waals surface area contributed by atoms with Gasteiger partial charge in [0.1, 0.15) is 5.01 Å². The molecule has 3 heterocycles. The van der Waals surface area contributed by atoms with Crippen LogP contribution in [0.4, 0.5) is 5.13 Å². The van der Waals surface area contributed by atoms with Gasteiger partial charge in [-0.2, -0.15) is 0 Å². The third-order valence-electron chi connectivity index (χ3n) is 4.48. The van der Waals surface area contributed by atoms with Crippen molar-refractivity contribution in [3.05, 3.63) is 66.8 Å². The Morgan fingerprint density at radius 2 is 1.86 bits per heavy atom. The summed E-state index contributed by atoms with van der Waals surface area (Å²) < 4.78 is 0. The van der Waals surface area contributed by atoms with Crippen LogP contribution in [0.3, 0.4) is 0 Å². The van der Waals surface area contributed by atoms with Gasteiger partial charge in [0.15, 0.2) is 5.76 Å². The van der Waals surface area contributed by atoms with Crippen molar-refractivity contribution in [1.29, 1.82) is 0 Å². The van der Waals surface area contributed by atoms with Crippen LogP contribution in [0.25, 0.3) is 0 Å². The lowest BCUT2D eigenvalue weighted by atomic mass is 9.95. The fourth-order valence-corrected chi connectivity index (χ4v) is 5.10. The van der Waals surface area contributed by atoms with Crippen molar-refractivity contribution < 1.29 is 14.7 Å². The molecular formula is C19H15ClN4O3S2. The Morgan fingerprint density at radius 3 is 2.45 bits per heavy atom. The SMILES string of the molecule is Cc1nnc(N2C(=O)C(O)=C(C(=O)c3sc(C)nc3C)C2c2ccccc2Cl)s1. The lowest BCUT2D eigenvalue weighted by molar-refractivity contribution is -0.117. The molecule has 0 radical (unpaired) electrons. The van der Waals surface area contributed by atoms with Crippen molar-refractivity contribution in [2.24, 2.45) is 0 Å². The van der Waals surface area contributed by atoms with Crippen molar-refractivity contribution in [2.75, 3.05) is 4.90 Å². The fraction of sp³-hybridized carbons (Fsp3) is 0.211. The Bertz CT molecular complexity index is 1180. The predicted octanol–water partition coefficient (Wildman–Crippen LogP) is 4.36. The topological polar surface area (TPSA) is 96.3 Å². The van der Waals surface area contributed by atoms with Crippen LogP contribution >= 0.6 is 34.3 Å². The Balaban J connectivity index is 1.92. The van der Waals surface area contributed by atoms with E-state index in [4.69, 9.17) is 11.6 Å². The second kappa shape index (κ2) is 7.33. The number of aliphatic hydroxyl groups is 1. The van der Waals surface area contributed by atoms with Gasteiger partial charge in [0.05, 0.1) is 27.2 Å². The number of amides is 1. The molecular weight excluding hydrogens is 432 g/mol. The van der Waals surface area contributed by atoms with E-state index >= 15 is 0 Å². The zero-order valence-electron chi connectivity index (χ0n) is 15.6. The van der Waals surface area contributed by atoms with Crippen LogP contribution in [0.15, 0.2) is 35.6 Å². The van der Waals surface area contributed by atoms with Gasteiger partial charge in [-0.25, -0.2) is 4.98 Å². The highest BCUT2D eigenvalue weighted by atomic mass is 35.5. The standard InChI is InChI=1S/C19H15ClN4O3S2/c1-8-17(28-9(2)21-8)15(25)13-14(11-6-4-5-7-12(11)20)24(18(27)16(13)26)19-23-22-10(3)29-19/h4-7,14,26H,1-3H3. The van der Waals surface area contributed by atoms with E-state index in [0.717, 1.165) is 5.01 Å². The number of ketones is 1. The Kier molecular flexibility index (Phi) is 4.97. The molecule has 1 aromatic carbocycles. The molecule has 148 valence electrons. The van der Waals surface area contributed by atoms with Crippen LogP contribution in [0.5, 0.6) is 0 Å². The average molecular weight is 447 g/mol. The summed E-state index contributed by atoms with van der Waals surface area (Å²) in [6, 6.07) is 5.98. The van der Waals surface area contributed by atoms with E-state index in [2.05, 4.69) is 15.2 Å². The maximum absolute atomic E-state index is 13.4. The summed E-state index contributed by atoms with van der Waals surface area (Å²) in [6.07, 6.45) is 0. The first-order valence-corrected chi connectivity index (χ1v) is 10.6. The van der Waals surface area contributed by atoms with Gasteiger partial charge in [-0.05, 0) is 32.4 Å². The molecule has 29 heavy (non-hydrogen) atoms. The van der Waals surface area contributed by atoms with E-state index < -0.39 is 23.5 Å². The molecule has 0 bridgehead atoms. The molecule has 1 amide bonds. The zero-order chi connectivity index (χ0) is 20.9. The quantitative estimate of drug-likeness (QED) is 0.598. The number of nitrogens with zero attached hydrogens (tertiary/aromatic N) is 4. The summed E-state index contributed by atoms with van der Waals surface area (Å²) in [4.78, 5) is 32.4. The van der Waals surface area contributed by atoms with Gasteiger partial charge in [0, 0.05) is 5.02 Å². The largest absolute Gasteiger partial charge is 0.503 e. The number of thiazole rings is 1. The first-order chi connectivity index (χ1) is 13.8. The fourth-order valence-electron chi connectivity index (χ4n) is 3.27. The maximum atomic E-state index is 13.4. The Morgan fingerprint density at radius 1 is 1.14 bits per heavy atom. The second-order valence-corrected chi connectivity index (χ2v) is 9.21. The summed E-state index contributed by atoms with van der Waals surface area (Å²) in [6.45, 7) is 5.28. The van der Waals surface area contributed by atoms with E-state index in [1.165, 1.54) is 27.6 Å². The van der Waals surface area contributed by atoms with Gasteiger partial charge >= 0.3 is 0 Å². The van der Waals surface area contributed by atoms with Gasteiger partial charge in [0.2, 0.25) is 10.9 Å². The molecule has 7 nitrogen and oxygen atoms in total. The van der Waals surface area contributed by atoms with E-state index in [0.29, 0.717) is 26.2 Å². The minimum Gasteiger partial charge on any atom is -0.503 e. The van der Waals surface area contributed by atoms with Crippen molar-refractivity contribution in [2.45, 2.75) is 26.8 Å². The van der Waals surface area contributed by atoms with Gasteiger partial charge in [-0.1, -0.05) is 41.1 Å². The maximum Gasteiger partial charge on any atom is 0.296 e. The van der Waals surface area contributed by atoms with Gasteiger partial charge in [-0.3, -0.25) is 14.5 Å². The molecule has 1 aliphatic rings. The van der Waals surface area contributed by atoms with Crippen LogP contribution in [-0.4, -0.2) is 32.0 Å². The number of Topliss-reactive ketones (excluding diaryl/α,β-unsaturated/α-hetero) is 1. The second-order valence-electron chi connectivity index (χ2n) is 6.44. The van der Waals surface area contributed by atoms with Crippen LogP contribution in [0, 0.1) is 20.8 Å². The molecule has 0 fully saturated rings. The summed E-state index contributed by atoms with van der Waals surface area (Å²) in [7, 11) is 0. The van der Waals surface area contributed by atoms with Crippen molar-refractivity contribution in [3.63, 3.8) is 0 Å². The molecule has 10 heteroatoms. The van der Waals surface area contributed by atoms with E-state index in [1.54, 1.807) is 45.0 Å². The molecule has 3 aromatic rings. The number of aryl methyl sites for hydroxylation is 3. The lowest BCUT2D eigenvalue weighted by Crippen LogP contribution is -2.31. The van der Waals surface area contributed by atoms with Crippen molar-refractivity contribution in [1.82, 2.24) is 15.2 Å². The molecule has 1 unspecified atom stereocenters. The summed E-state index contributed by atoms with van der Waals surface area (Å²) >= 11 is 8.83. The summed E-state index contributed by atoms with van der Waals surface area (Å²) in [5.41, 5.74) is 1.03. The summed E-state index contributed by atoms with van der Waals surface area (Å²) in [5, 5.41) is 20.8. The van der Waals surface area contributed by atoms with Crippen LogP contribution in [-0.2, 0) is 4.79 Å². The number of halogens is 1. The first kappa shape index (κ1) is 19.7. The van der Waals surface area contributed by atoms with Crippen LogP contribution in [0.1, 0.15) is 37.0 Å². The molecule has 1 atom stereocenters. The molecule has 0 aliphatic carbocycles. The number of rotatable bonds is 4. The first-order valence-electron chi connectivity index (χ1n) is 8.59. The van der Waals surface area contributed by atoms with E-state index in [9.17, 15) is 14.7 Å². The van der Waals surface area contributed by atoms with Gasteiger partial charge < -0.3 is 5.11 Å². The predicted molar refractivity (Wildman–Crippen MR) is 112 cm³/mol. The molecule has 0 saturated heterocycles. The third-order valence-corrected chi connectivity index (χ3v) is 6.74. The average Bonchev–Trinajstić information content (AvgIpc) is 3.32. The third kappa shape index (κ3) is 3.25. The highest BCUT2D eigenvalue weighted by Gasteiger charge is 2.47. The van der Waals surface area contributed by atoms with Crippen molar-refractivity contribution in [3.8, 4) is 0 Å². The number of hydrogen-bond acceptors (Lipinski definition) is 8. The van der Waals surface area contributed by atoms with E-state index in [-0.39, 0.29) is 10.7 Å². The number of aliphatic hydroxyl groups excluding tert-OH is 1. The smallest absolute Gasteiger partial charge is 0.296 e. The number of hydrogen-bond donors (Lipinski definition) is 1. The Hall–Kier alpha value is -2.62. The molecule has 0 spiro atoms. The highest BCUT2D eigenvalue weighted by Crippen LogP contribution is 2.45. The zero-order valence-corrected chi connectivity index (χ0v) is 18.0. The minimum absolute atomic E-state index is 0.0392. The Labute approximate surface area is 179 Å². The molecule has 1 aliphatic heterocycles. The molecule has 1 N–H and O–H groups in total. The normalized spacial score (nSPS) is 16.8. The summed E-state index contributed by atoms with van der Waals surface area (Å²) in [5.74, 6) is -1.78. The minimum atomic E-state index is -0.919. The molecule has 0 saturated carbocycles. The van der Waals surface area contributed by atoms with Gasteiger partial charge in [-0.15, -0.1) is 21.5 Å². The molecule has 2 aromatic heterocycles. The van der Waals surface area contributed by atoms with Crippen LogP contribution in [0.2, 0.25) is 5.02 Å². The number of carbonyl (C=O) groups is 2. The number of anilines is 1.